The molecule has 1 atom stereocenters. The zero-order valence-corrected chi connectivity index (χ0v) is 15.2. The van der Waals surface area contributed by atoms with Crippen molar-refractivity contribution in [2.45, 2.75) is 31.6 Å². The molecule has 1 N–H and O–H groups in total. The third kappa shape index (κ3) is 4.25. The van der Waals surface area contributed by atoms with Crippen LogP contribution in [0.5, 0.6) is 0 Å². The Hall–Kier alpha value is -2.33. The first-order valence-corrected chi connectivity index (χ1v) is 9.67. The highest BCUT2D eigenvalue weighted by Crippen LogP contribution is 2.36. The number of hydrogen-bond acceptors (Lipinski definition) is 4. The van der Waals surface area contributed by atoms with Gasteiger partial charge in [0.1, 0.15) is 5.82 Å². The van der Waals surface area contributed by atoms with Crippen molar-refractivity contribution in [2.75, 3.05) is 18.8 Å². The molecule has 1 aromatic rings. The van der Waals surface area contributed by atoms with Crippen molar-refractivity contribution in [3.63, 3.8) is 0 Å². The fourth-order valence-corrected chi connectivity index (χ4v) is 4.26. The van der Waals surface area contributed by atoms with Gasteiger partial charge >= 0.3 is 0 Å². The quantitative estimate of drug-likeness (QED) is 0.881. The number of nitriles is 1. The van der Waals surface area contributed by atoms with Gasteiger partial charge in [-0.15, -0.1) is 0 Å². The van der Waals surface area contributed by atoms with Gasteiger partial charge in [-0.2, -0.15) is 5.26 Å². The lowest BCUT2D eigenvalue weighted by atomic mass is 9.87. The summed E-state index contributed by atoms with van der Waals surface area (Å²) >= 11 is 1.20. The van der Waals surface area contributed by atoms with E-state index < -0.39 is 5.92 Å². The molecule has 1 saturated heterocycles. The maximum Gasteiger partial charge on any atom is 0.232 e. The molecule has 0 bridgehead atoms. The number of carbonyl (C=O) groups is 2. The summed E-state index contributed by atoms with van der Waals surface area (Å²) in [5, 5.41) is 12.8. The fraction of sp³-hybridized carbons (Fsp3) is 0.421. The molecule has 0 saturated carbocycles. The number of halogens is 1. The van der Waals surface area contributed by atoms with Gasteiger partial charge in [-0.25, -0.2) is 4.39 Å². The van der Waals surface area contributed by atoms with Crippen molar-refractivity contribution in [3.8, 4) is 6.07 Å². The van der Waals surface area contributed by atoms with Crippen molar-refractivity contribution >= 4 is 23.6 Å². The number of thioether (sulfide) groups is 1. The third-order valence-corrected chi connectivity index (χ3v) is 5.68. The number of carbonyl (C=O) groups excluding carboxylic acids is 2. The molecule has 3 rings (SSSR count). The molecular formula is C19H20FN3O2S. The summed E-state index contributed by atoms with van der Waals surface area (Å²) in [5.74, 6) is -0.763. The topological polar surface area (TPSA) is 73.2 Å². The minimum absolute atomic E-state index is 0.0256. The number of nitrogens with one attached hydrogen (secondary N) is 1. The summed E-state index contributed by atoms with van der Waals surface area (Å²) in [5.41, 5.74) is 1.14. The van der Waals surface area contributed by atoms with Crippen LogP contribution in [-0.2, 0) is 9.59 Å². The first-order valence-electron chi connectivity index (χ1n) is 8.68. The van der Waals surface area contributed by atoms with E-state index in [-0.39, 0.29) is 29.8 Å². The van der Waals surface area contributed by atoms with Crippen LogP contribution in [0.3, 0.4) is 0 Å². The molecule has 26 heavy (non-hydrogen) atoms. The zero-order chi connectivity index (χ0) is 18.5. The third-order valence-electron chi connectivity index (χ3n) is 4.68. The predicted octanol–water partition coefficient (Wildman–Crippen LogP) is 2.91. The van der Waals surface area contributed by atoms with E-state index in [0.29, 0.717) is 10.6 Å². The molecule has 0 spiro atoms. The van der Waals surface area contributed by atoms with E-state index in [0.717, 1.165) is 37.9 Å². The van der Waals surface area contributed by atoms with Crippen LogP contribution in [0.4, 0.5) is 4.39 Å². The second kappa shape index (κ2) is 8.37. The van der Waals surface area contributed by atoms with Crippen LogP contribution in [0.15, 0.2) is 34.9 Å². The van der Waals surface area contributed by atoms with E-state index in [1.807, 2.05) is 4.90 Å². The van der Waals surface area contributed by atoms with Gasteiger partial charge in [0, 0.05) is 25.4 Å². The molecule has 7 heteroatoms. The molecule has 2 aliphatic rings. The number of allylic oxidation sites excluding steroid dienone is 1. The molecule has 0 aliphatic carbocycles. The van der Waals surface area contributed by atoms with E-state index in [4.69, 9.17) is 0 Å². The zero-order valence-electron chi connectivity index (χ0n) is 14.3. The number of nitrogens with zero attached hydrogens (tertiary/aromatic N) is 2. The Labute approximate surface area is 156 Å². The maximum atomic E-state index is 13.2. The SMILES string of the molecule is N#CC1=C(SCC(=O)N2CCCCC2)NC(=O)C[C@@H]1c1ccc(F)cc1. The van der Waals surface area contributed by atoms with E-state index in [1.165, 1.54) is 23.9 Å². The summed E-state index contributed by atoms with van der Waals surface area (Å²) < 4.78 is 13.2. The van der Waals surface area contributed by atoms with E-state index >= 15 is 0 Å². The minimum Gasteiger partial charge on any atom is -0.342 e. The smallest absolute Gasteiger partial charge is 0.232 e. The number of hydrogen-bond donors (Lipinski definition) is 1. The van der Waals surface area contributed by atoms with Crippen molar-refractivity contribution in [3.05, 3.63) is 46.2 Å². The first kappa shape index (κ1) is 18.5. The van der Waals surface area contributed by atoms with Crippen LogP contribution in [-0.4, -0.2) is 35.6 Å². The Morgan fingerprint density at radius 2 is 1.96 bits per heavy atom. The average Bonchev–Trinajstić information content (AvgIpc) is 2.67. The lowest BCUT2D eigenvalue weighted by Crippen LogP contribution is -2.37. The van der Waals surface area contributed by atoms with E-state index in [9.17, 15) is 19.2 Å². The van der Waals surface area contributed by atoms with Gasteiger partial charge in [0.05, 0.1) is 22.4 Å². The summed E-state index contributed by atoms with van der Waals surface area (Å²) in [4.78, 5) is 26.3. The number of rotatable bonds is 4. The van der Waals surface area contributed by atoms with Gasteiger partial charge in [0.15, 0.2) is 0 Å². The van der Waals surface area contributed by atoms with Crippen LogP contribution < -0.4 is 5.32 Å². The van der Waals surface area contributed by atoms with Crippen LogP contribution in [0.1, 0.15) is 37.2 Å². The van der Waals surface area contributed by atoms with E-state index in [2.05, 4.69) is 11.4 Å². The lowest BCUT2D eigenvalue weighted by Gasteiger charge is -2.28. The number of likely N-dealkylation sites (tertiary alicyclic amines) is 1. The summed E-state index contributed by atoms with van der Waals surface area (Å²) in [6.07, 6.45) is 3.33. The first-order chi connectivity index (χ1) is 12.6. The van der Waals surface area contributed by atoms with E-state index in [1.54, 1.807) is 12.1 Å². The van der Waals surface area contributed by atoms with Crippen LogP contribution >= 0.6 is 11.8 Å². The summed E-state index contributed by atoms with van der Waals surface area (Å²) in [6, 6.07) is 8.00. The average molecular weight is 373 g/mol. The number of piperidine rings is 1. The molecule has 136 valence electrons. The highest BCUT2D eigenvalue weighted by atomic mass is 32.2. The summed E-state index contributed by atoms with van der Waals surface area (Å²) in [6.45, 7) is 1.54. The molecule has 1 fully saturated rings. The molecule has 5 nitrogen and oxygen atoms in total. The van der Waals surface area contributed by atoms with Crippen molar-refractivity contribution in [2.24, 2.45) is 0 Å². The fourth-order valence-electron chi connectivity index (χ4n) is 3.28. The Bertz CT molecular complexity index is 764. The highest BCUT2D eigenvalue weighted by molar-refractivity contribution is 8.03. The Morgan fingerprint density at radius 1 is 1.27 bits per heavy atom. The minimum atomic E-state index is -0.415. The van der Waals surface area contributed by atoms with Gasteiger partial charge in [-0.3, -0.25) is 9.59 Å². The van der Waals surface area contributed by atoms with Gasteiger partial charge in [0.2, 0.25) is 11.8 Å². The number of benzene rings is 1. The van der Waals surface area contributed by atoms with Gasteiger partial charge in [0.25, 0.3) is 0 Å². The highest BCUT2D eigenvalue weighted by Gasteiger charge is 2.30. The molecule has 2 aliphatic heterocycles. The van der Waals surface area contributed by atoms with Gasteiger partial charge in [-0.1, -0.05) is 23.9 Å². The van der Waals surface area contributed by atoms with Crippen LogP contribution in [0.2, 0.25) is 0 Å². The van der Waals surface area contributed by atoms with Gasteiger partial charge < -0.3 is 10.2 Å². The largest absolute Gasteiger partial charge is 0.342 e. The molecule has 2 heterocycles. The van der Waals surface area contributed by atoms with Crippen molar-refractivity contribution < 1.29 is 14.0 Å². The van der Waals surface area contributed by atoms with Crippen molar-refractivity contribution in [1.82, 2.24) is 10.2 Å². The standard InChI is InChI=1S/C19H20FN3O2S/c20-14-6-4-13(5-7-14)15-10-17(24)22-19(16(15)11-21)26-12-18(25)23-8-2-1-3-9-23/h4-7,15H,1-3,8-10,12H2,(H,22,24)/t15-/m1/s1. The summed E-state index contributed by atoms with van der Waals surface area (Å²) in [7, 11) is 0. The Balaban J connectivity index is 1.76. The van der Waals surface area contributed by atoms with Gasteiger partial charge in [-0.05, 0) is 37.0 Å². The Morgan fingerprint density at radius 3 is 2.62 bits per heavy atom. The lowest BCUT2D eigenvalue weighted by molar-refractivity contribution is -0.129. The second-order valence-electron chi connectivity index (χ2n) is 6.44. The molecule has 2 amide bonds. The molecule has 0 aromatic heterocycles. The molecule has 0 radical (unpaired) electrons. The second-order valence-corrected chi connectivity index (χ2v) is 7.43. The number of amides is 2. The van der Waals surface area contributed by atoms with Crippen molar-refractivity contribution in [1.29, 1.82) is 5.26 Å². The molecule has 0 unspecified atom stereocenters. The normalized spacial score (nSPS) is 20.5. The Kier molecular flexibility index (Phi) is 5.94. The molecule has 1 aromatic carbocycles. The predicted molar refractivity (Wildman–Crippen MR) is 97.4 cm³/mol. The monoisotopic (exact) mass is 373 g/mol. The molecular weight excluding hydrogens is 353 g/mol. The maximum absolute atomic E-state index is 13.2. The van der Waals surface area contributed by atoms with Crippen LogP contribution in [0, 0.1) is 17.1 Å². The van der Waals surface area contributed by atoms with Crippen LogP contribution in [0.25, 0.3) is 0 Å².